The SMILES string of the molecule is CC(C)(C)CC(=O)N1CCC[C@]2(CC(C(=O)NCc3ccncc3)=NO2)C1. The normalized spacial score (nSPS) is 22.3. The Morgan fingerprint density at radius 3 is 2.74 bits per heavy atom. The van der Waals surface area contributed by atoms with Crippen molar-refractivity contribution >= 4 is 17.5 Å². The third-order valence-electron chi connectivity index (χ3n) is 4.88. The van der Waals surface area contributed by atoms with Crippen molar-refractivity contribution < 1.29 is 14.4 Å². The van der Waals surface area contributed by atoms with E-state index in [1.165, 1.54) is 0 Å². The molecule has 1 spiro atoms. The van der Waals surface area contributed by atoms with E-state index in [-0.39, 0.29) is 17.2 Å². The fraction of sp³-hybridized carbons (Fsp3) is 0.600. The Labute approximate surface area is 160 Å². The van der Waals surface area contributed by atoms with Crippen molar-refractivity contribution in [3.05, 3.63) is 30.1 Å². The minimum atomic E-state index is -0.560. The van der Waals surface area contributed by atoms with Crippen LogP contribution in [-0.2, 0) is 21.0 Å². The lowest BCUT2D eigenvalue weighted by molar-refractivity contribution is -0.142. The first-order valence-corrected chi connectivity index (χ1v) is 9.46. The molecule has 1 atom stereocenters. The third kappa shape index (κ3) is 5.05. The summed E-state index contributed by atoms with van der Waals surface area (Å²) < 4.78 is 0. The van der Waals surface area contributed by atoms with Crippen LogP contribution in [0.4, 0.5) is 0 Å². The van der Waals surface area contributed by atoms with Crippen molar-refractivity contribution in [3.63, 3.8) is 0 Å². The lowest BCUT2D eigenvalue weighted by Crippen LogP contribution is -2.51. The third-order valence-corrected chi connectivity index (χ3v) is 4.88. The average molecular weight is 372 g/mol. The van der Waals surface area contributed by atoms with Gasteiger partial charge in [-0.2, -0.15) is 0 Å². The quantitative estimate of drug-likeness (QED) is 0.879. The molecule has 0 unspecified atom stereocenters. The van der Waals surface area contributed by atoms with Gasteiger partial charge in [0.2, 0.25) is 5.91 Å². The van der Waals surface area contributed by atoms with Crippen LogP contribution in [-0.4, -0.2) is 46.1 Å². The zero-order valence-corrected chi connectivity index (χ0v) is 16.3. The van der Waals surface area contributed by atoms with Crippen LogP contribution in [0.3, 0.4) is 0 Å². The molecule has 0 saturated carbocycles. The lowest BCUT2D eigenvalue weighted by atomic mass is 9.86. The molecule has 2 aliphatic heterocycles. The molecule has 0 bridgehead atoms. The number of likely N-dealkylation sites (tertiary alicyclic amines) is 1. The van der Waals surface area contributed by atoms with Gasteiger partial charge in [-0.25, -0.2) is 0 Å². The standard InChI is InChI=1S/C20H28N4O3/c1-19(2,3)12-17(25)24-10-4-7-20(14-24)11-16(23-27-20)18(26)22-13-15-5-8-21-9-6-15/h5-6,8-9H,4,7,10-14H2,1-3H3,(H,22,26)/t20-/m0/s1. The van der Waals surface area contributed by atoms with Gasteiger partial charge >= 0.3 is 0 Å². The van der Waals surface area contributed by atoms with E-state index < -0.39 is 5.60 Å². The van der Waals surface area contributed by atoms with Crippen LogP contribution in [0.5, 0.6) is 0 Å². The zero-order chi connectivity index (χ0) is 19.5. The monoisotopic (exact) mass is 372 g/mol. The van der Waals surface area contributed by atoms with Gasteiger partial charge in [0.1, 0.15) is 5.71 Å². The van der Waals surface area contributed by atoms with E-state index in [1.54, 1.807) is 12.4 Å². The summed E-state index contributed by atoms with van der Waals surface area (Å²) in [6, 6.07) is 3.71. The van der Waals surface area contributed by atoms with E-state index in [4.69, 9.17) is 4.84 Å². The Morgan fingerprint density at radius 1 is 1.30 bits per heavy atom. The summed E-state index contributed by atoms with van der Waals surface area (Å²) in [5.74, 6) is -0.0809. The number of carbonyl (C=O) groups is 2. The molecular formula is C20H28N4O3. The molecule has 27 heavy (non-hydrogen) atoms. The zero-order valence-electron chi connectivity index (χ0n) is 16.3. The van der Waals surface area contributed by atoms with E-state index in [0.717, 1.165) is 24.9 Å². The van der Waals surface area contributed by atoms with Crippen LogP contribution in [0.2, 0.25) is 0 Å². The van der Waals surface area contributed by atoms with Gasteiger partial charge in [-0.1, -0.05) is 25.9 Å². The minimum Gasteiger partial charge on any atom is -0.386 e. The Bertz CT molecular complexity index is 726. The first-order valence-electron chi connectivity index (χ1n) is 9.46. The number of nitrogens with one attached hydrogen (secondary N) is 1. The van der Waals surface area contributed by atoms with Crippen LogP contribution in [0.25, 0.3) is 0 Å². The van der Waals surface area contributed by atoms with Crippen LogP contribution in [0, 0.1) is 5.41 Å². The molecule has 1 aromatic heterocycles. The number of amides is 2. The lowest BCUT2D eigenvalue weighted by Gasteiger charge is -2.39. The molecule has 0 radical (unpaired) electrons. The molecule has 3 rings (SSSR count). The van der Waals surface area contributed by atoms with E-state index in [9.17, 15) is 9.59 Å². The summed E-state index contributed by atoms with van der Waals surface area (Å²) in [4.78, 5) is 36.5. The highest BCUT2D eigenvalue weighted by Crippen LogP contribution is 2.34. The number of piperidine rings is 1. The highest BCUT2D eigenvalue weighted by molar-refractivity contribution is 6.39. The van der Waals surface area contributed by atoms with Crippen LogP contribution >= 0.6 is 0 Å². The number of nitrogens with zero attached hydrogens (tertiary/aromatic N) is 3. The van der Waals surface area contributed by atoms with Gasteiger partial charge in [-0.15, -0.1) is 0 Å². The van der Waals surface area contributed by atoms with Crippen LogP contribution < -0.4 is 5.32 Å². The number of hydrogen-bond donors (Lipinski definition) is 1. The Hall–Kier alpha value is -2.44. The highest BCUT2D eigenvalue weighted by Gasteiger charge is 2.45. The molecule has 1 fully saturated rings. The van der Waals surface area contributed by atoms with Crippen molar-refractivity contribution in [1.82, 2.24) is 15.2 Å². The maximum Gasteiger partial charge on any atom is 0.269 e. The first kappa shape index (κ1) is 19.3. The predicted molar refractivity (Wildman–Crippen MR) is 102 cm³/mol. The number of rotatable bonds is 4. The van der Waals surface area contributed by atoms with Crippen molar-refractivity contribution in [3.8, 4) is 0 Å². The summed E-state index contributed by atoms with van der Waals surface area (Å²) in [5.41, 5.74) is 0.764. The molecular weight excluding hydrogens is 344 g/mol. The average Bonchev–Trinajstić information content (AvgIpc) is 3.02. The molecule has 3 heterocycles. The van der Waals surface area contributed by atoms with Gasteiger partial charge < -0.3 is 15.1 Å². The molecule has 1 aromatic rings. The Morgan fingerprint density at radius 2 is 2.04 bits per heavy atom. The van der Waals surface area contributed by atoms with E-state index >= 15 is 0 Å². The maximum absolute atomic E-state index is 12.6. The van der Waals surface area contributed by atoms with Crippen molar-refractivity contribution in [2.75, 3.05) is 13.1 Å². The number of hydrogen-bond acceptors (Lipinski definition) is 5. The fourth-order valence-corrected chi connectivity index (χ4v) is 3.52. The topological polar surface area (TPSA) is 83.9 Å². The smallest absolute Gasteiger partial charge is 0.269 e. The molecule has 1 saturated heterocycles. The second-order valence-corrected chi connectivity index (χ2v) is 8.68. The second-order valence-electron chi connectivity index (χ2n) is 8.68. The Kier molecular flexibility index (Phi) is 5.48. The van der Waals surface area contributed by atoms with E-state index in [0.29, 0.717) is 31.6 Å². The van der Waals surface area contributed by atoms with E-state index in [1.807, 2.05) is 17.0 Å². The van der Waals surface area contributed by atoms with Crippen LogP contribution in [0.15, 0.2) is 29.7 Å². The Balaban J connectivity index is 1.55. The van der Waals surface area contributed by atoms with Crippen molar-refractivity contribution in [2.24, 2.45) is 10.6 Å². The number of carbonyl (C=O) groups excluding carboxylic acids is 2. The summed E-state index contributed by atoms with van der Waals surface area (Å²) in [5, 5.41) is 6.92. The van der Waals surface area contributed by atoms with Gasteiger partial charge in [-0.05, 0) is 36.0 Å². The van der Waals surface area contributed by atoms with Crippen LogP contribution in [0.1, 0.15) is 52.0 Å². The molecule has 2 amide bonds. The maximum atomic E-state index is 12.6. The summed E-state index contributed by atoms with van der Waals surface area (Å²) in [7, 11) is 0. The summed E-state index contributed by atoms with van der Waals surface area (Å²) in [6.45, 7) is 7.83. The molecule has 0 aliphatic carbocycles. The summed E-state index contributed by atoms with van der Waals surface area (Å²) in [6.07, 6.45) is 5.99. The van der Waals surface area contributed by atoms with E-state index in [2.05, 4.69) is 36.2 Å². The first-order chi connectivity index (χ1) is 12.8. The number of pyridine rings is 1. The molecule has 0 aromatic carbocycles. The van der Waals surface area contributed by atoms with Gasteiger partial charge in [0.05, 0.1) is 6.54 Å². The van der Waals surface area contributed by atoms with Gasteiger partial charge in [0, 0.05) is 38.3 Å². The molecule has 146 valence electrons. The molecule has 2 aliphatic rings. The van der Waals surface area contributed by atoms with Gasteiger partial charge in [-0.3, -0.25) is 14.6 Å². The highest BCUT2D eigenvalue weighted by atomic mass is 16.7. The summed E-state index contributed by atoms with van der Waals surface area (Å²) >= 11 is 0. The minimum absolute atomic E-state index is 0.0489. The largest absolute Gasteiger partial charge is 0.386 e. The fourth-order valence-electron chi connectivity index (χ4n) is 3.52. The molecule has 1 N–H and O–H groups in total. The second kappa shape index (κ2) is 7.66. The van der Waals surface area contributed by atoms with Gasteiger partial charge in [0.25, 0.3) is 5.91 Å². The van der Waals surface area contributed by atoms with Gasteiger partial charge in [0.15, 0.2) is 5.60 Å². The predicted octanol–water partition coefficient (Wildman–Crippen LogP) is 2.27. The van der Waals surface area contributed by atoms with Crippen molar-refractivity contribution in [1.29, 1.82) is 0 Å². The van der Waals surface area contributed by atoms with Crippen molar-refractivity contribution in [2.45, 2.75) is 58.6 Å². The molecule has 7 heteroatoms. The molecule has 7 nitrogen and oxygen atoms in total. The number of oxime groups is 1. The number of aromatic nitrogens is 1.